The van der Waals surface area contributed by atoms with Crippen LogP contribution in [-0.4, -0.2) is 37.2 Å². The van der Waals surface area contributed by atoms with Gasteiger partial charge in [-0.1, -0.05) is 263 Å². The second-order valence-electron chi connectivity index (χ2n) is 20.3. The smallest absolute Gasteiger partial charge is 0.306 e. The zero-order valence-corrected chi connectivity index (χ0v) is 45.2. The molecule has 0 heterocycles. The van der Waals surface area contributed by atoms with Crippen LogP contribution >= 0.6 is 0 Å². The average Bonchev–Trinajstić information content (AvgIpc) is 3.33. The average molecular weight is 944 g/mol. The van der Waals surface area contributed by atoms with E-state index in [1.807, 2.05) is 0 Å². The number of hydrogen-bond acceptors (Lipinski definition) is 6. The molecule has 394 valence electrons. The molecule has 0 rings (SSSR count). The largest absolute Gasteiger partial charge is 0.462 e. The van der Waals surface area contributed by atoms with Crippen LogP contribution in [0.25, 0.3) is 0 Å². The summed E-state index contributed by atoms with van der Waals surface area (Å²) in [5, 5.41) is 0. The summed E-state index contributed by atoms with van der Waals surface area (Å²) in [6, 6.07) is 0. The molecule has 0 saturated heterocycles. The van der Waals surface area contributed by atoms with Crippen molar-refractivity contribution in [3.63, 3.8) is 0 Å². The van der Waals surface area contributed by atoms with Crippen LogP contribution in [0.5, 0.6) is 0 Å². The van der Waals surface area contributed by atoms with Gasteiger partial charge in [0.15, 0.2) is 6.10 Å². The van der Waals surface area contributed by atoms with E-state index in [1.54, 1.807) is 0 Å². The topological polar surface area (TPSA) is 78.9 Å². The maximum absolute atomic E-state index is 12.9. The van der Waals surface area contributed by atoms with Crippen molar-refractivity contribution in [1.82, 2.24) is 0 Å². The summed E-state index contributed by atoms with van der Waals surface area (Å²) in [5.41, 5.74) is 0. The van der Waals surface area contributed by atoms with Crippen LogP contribution in [0.2, 0.25) is 0 Å². The summed E-state index contributed by atoms with van der Waals surface area (Å²) >= 11 is 0. The third-order valence-electron chi connectivity index (χ3n) is 13.4. The first-order valence-corrected chi connectivity index (χ1v) is 29.8. The number of carbonyl (C=O) groups excluding carboxylic acids is 3. The molecule has 0 fully saturated rings. The van der Waals surface area contributed by atoms with Gasteiger partial charge in [-0.05, 0) is 70.6 Å². The van der Waals surface area contributed by atoms with Gasteiger partial charge in [-0.15, -0.1) is 0 Å². The van der Waals surface area contributed by atoms with E-state index in [1.165, 1.54) is 218 Å². The predicted molar refractivity (Wildman–Crippen MR) is 289 cm³/mol. The van der Waals surface area contributed by atoms with Gasteiger partial charge in [0.2, 0.25) is 0 Å². The third kappa shape index (κ3) is 54.7. The first-order valence-electron chi connectivity index (χ1n) is 29.8. The van der Waals surface area contributed by atoms with Gasteiger partial charge in [-0.2, -0.15) is 0 Å². The molecule has 0 amide bonds. The van der Waals surface area contributed by atoms with E-state index in [2.05, 4.69) is 45.1 Å². The van der Waals surface area contributed by atoms with Gasteiger partial charge in [-0.3, -0.25) is 14.4 Å². The van der Waals surface area contributed by atoms with Gasteiger partial charge in [0, 0.05) is 19.3 Å². The Balaban J connectivity index is 4.30. The standard InChI is InChI=1S/C61H114O6/c1-4-7-10-13-16-19-22-25-27-28-29-30-31-32-34-37-40-43-46-49-52-55-61(64)67-58(56-65-59(62)53-50-47-44-41-38-35-24-21-18-15-12-9-6-3)57-66-60(63)54-51-48-45-42-39-36-33-26-23-20-17-14-11-8-5-2/h21,24,26,33,58H,4-20,22-23,25,27-32,34-57H2,1-3H3/b24-21-,33-26-/t58-/m0/s1. The van der Waals surface area contributed by atoms with Crippen LogP contribution in [0.15, 0.2) is 24.3 Å². The van der Waals surface area contributed by atoms with Crippen molar-refractivity contribution >= 4 is 17.9 Å². The molecule has 0 unspecified atom stereocenters. The number of ether oxygens (including phenoxy) is 3. The van der Waals surface area contributed by atoms with Crippen molar-refractivity contribution in [1.29, 1.82) is 0 Å². The molecule has 6 heteroatoms. The summed E-state index contributed by atoms with van der Waals surface area (Å²) < 4.78 is 16.9. The Morgan fingerprint density at radius 1 is 0.284 bits per heavy atom. The number of unbranched alkanes of at least 4 members (excludes halogenated alkanes) is 40. The summed E-state index contributed by atoms with van der Waals surface area (Å²) in [6.45, 7) is 6.66. The van der Waals surface area contributed by atoms with Gasteiger partial charge in [0.25, 0.3) is 0 Å². The Kier molecular flexibility index (Phi) is 54.7. The lowest BCUT2D eigenvalue weighted by molar-refractivity contribution is -0.167. The molecular formula is C61H114O6. The summed E-state index contributed by atoms with van der Waals surface area (Å²) in [6.07, 6.45) is 66.0. The van der Waals surface area contributed by atoms with E-state index in [0.29, 0.717) is 19.3 Å². The van der Waals surface area contributed by atoms with Gasteiger partial charge < -0.3 is 14.2 Å². The molecular weight excluding hydrogens is 829 g/mol. The van der Waals surface area contributed by atoms with E-state index in [-0.39, 0.29) is 31.1 Å². The third-order valence-corrected chi connectivity index (χ3v) is 13.4. The first kappa shape index (κ1) is 64.9. The van der Waals surface area contributed by atoms with Crippen molar-refractivity contribution in [2.75, 3.05) is 13.2 Å². The van der Waals surface area contributed by atoms with Crippen LogP contribution in [0.1, 0.15) is 329 Å². The highest BCUT2D eigenvalue weighted by molar-refractivity contribution is 5.71. The lowest BCUT2D eigenvalue weighted by Crippen LogP contribution is -2.30. The van der Waals surface area contributed by atoms with Crippen LogP contribution < -0.4 is 0 Å². The first-order chi connectivity index (χ1) is 33.0. The minimum atomic E-state index is -0.774. The molecule has 0 aliphatic rings. The van der Waals surface area contributed by atoms with Crippen LogP contribution in [0.4, 0.5) is 0 Å². The normalized spacial score (nSPS) is 12.1. The fraction of sp³-hybridized carbons (Fsp3) is 0.885. The Bertz CT molecular complexity index is 1080. The molecule has 1 atom stereocenters. The Morgan fingerprint density at radius 2 is 0.493 bits per heavy atom. The number of esters is 3. The Morgan fingerprint density at radius 3 is 0.761 bits per heavy atom. The van der Waals surface area contributed by atoms with E-state index >= 15 is 0 Å². The maximum atomic E-state index is 12.9. The minimum absolute atomic E-state index is 0.0740. The number of allylic oxidation sites excluding steroid dienone is 4. The summed E-state index contributed by atoms with van der Waals surface area (Å²) in [7, 11) is 0. The monoisotopic (exact) mass is 943 g/mol. The van der Waals surface area contributed by atoms with E-state index in [9.17, 15) is 14.4 Å². The molecule has 0 aromatic carbocycles. The van der Waals surface area contributed by atoms with Gasteiger partial charge in [0.1, 0.15) is 13.2 Å². The van der Waals surface area contributed by atoms with Gasteiger partial charge in [-0.25, -0.2) is 0 Å². The lowest BCUT2D eigenvalue weighted by atomic mass is 10.0. The molecule has 0 aliphatic heterocycles. The fourth-order valence-corrected chi connectivity index (χ4v) is 8.91. The highest BCUT2D eigenvalue weighted by Crippen LogP contribution is 2.17. The van der Waals surface area contributed by atoms with Crippen molar-refractivity contribution in [3.8, 4) is 0 Å². The highest BCUT2D eigenvalue weighted by atomic mass is 16.6. The Hall–Kier alpha value is -2.11. The minimum Gasteiger partial charge on any atom is -0.462 e. The fourth-order valence-electron chi connectivity index (χ4n) is 8.91. The molecule has 67 heavy (non-hydrogen) atoms. The van der Waals surface area contributed by atoms with Crippen LogP contribution in [-0.2, 0) is 28.6 Å². The number of carbonyl (C=O) groups is 3. The van der Waals surface area contributed by atoms with Gasteiger partial charge in [0.05, 0.1) is 0 Å². The zero-order chi connectivity index (χ0) is 48.6. The van der Waals surface area contributed by atoms with E-state index < -0.39 is 6.10 Å². The molecule has 0 bridgehead atoms. The predicted octanol–water partition coefficient (Wildman–Crippen LogP) is 19.9. The zero-order valence-electron chi connectivity index (χ0n) is 45.2. The van der Waals surface area contributed by atoms with E-state index in [0.717, 1.165) is 70.6 Å². The number of rotatable bonds is 55. The summed E-state index contributed by atoms with van der Waals surface area (Å²) in [4.78, 5) is 38.1. The van der Waals surface area contributed by atoms with Crippen molar-refractivity contribution in [2.24, 2.45) is 0 Å². The second kappa shape index (κ2) is 56.5. The van der Waals surface area contributed by atoms with Crippen molar-refractivity contribution < 1.29 is 28.6 Å². The summed E-state index contributed by atoms with van der Waals surface area (Å²) in [5.74, 6) is -0.869. The molecule has 0 aliphatic carbocycles. The molecule has 0 aromatic heterocycles. The quantitative estimate of drug-likeness (QED) is 0.0262. The molecule has 0 aromatic rings. The number of hydrogen-bond donors (Lipinski definition) is 0. The maximum Gasteiger partial charge on any atom is 0.306 e. The lowest BCUT2D eigenvalue weighted by Gasteiger charge is -2.18. The molecule has 0 N–H and O–H groups in total. The molecule has 0 spiro atoms. The molecule has 6 nitrogen and oxygen atoms in total. The Labute approximate surface area is 417 Å². The van der Waals surface area contributed by atoms with Crippen molar-refractivity contribution in [2.45, 2.75) is 335 Å². The SMILES string of the molecule is CCCCCC/C=C\CCCCCCCC(=O)OC[C@@H](COC(=O)CCCCCCC/C=C\CCCCCCCC)OC(=O)CCCCCCCCCCCCCCCCCCCCCCC. The van der Waals surface area contributed by atoms with Crippen LogP contribution in [0, 0.1) is 0 Å². The second-order valence-corrected chi connectivity index (χ2v) is 20.3. The van der Waals surface area contributed by atoms with E-state index in [4.69, 9.17) is 14.2 Å². The van der Waals surface area contributed by atoms with Crippen LogP contribution in [0.3, 0.4) is 0 Å². The van der Waals surface area contributed by atoms with Crippen molar-refractivity contribution in [3.05, 3.63) is 24.3 Å². The molecule has 0 radical (unpaired) electrons. The van der Waals surface area contributed by atoms with Gasteiger partial charge >= 0.3 is 17.9 Å². The molecule has 0 saturated carbocycles. The highest BCUT2D eigenvalue weighted by Gasteiger charge is 2.19.